The molecule has 1 fully saturated rings. The van der Waals surface area contributed by atoms with Crippen molar-refractivity contribution in [3.05, 3.63) is 0 Å². The zero-order valence-electron chi connectivity index (χ0n) is 4.53. The molecule has 4 nitrogen and oxygen atoms in total. The smallest absolute Gasteiger partial charge is 0.414 e. The molecule has 1 N–H and O–H groups in total. The van der Waals surface area contributed by atoms with Gasteiger partial charge in [0.2, 0.25) is 5.91 Å². The summed E-state index contributed by atoms with van der Waals surface area (Å²) in [6.45, 7) is 0. The summed E-state index contributed by atoms with van der Waals surface area (Å²) in [7, 11) is 0. The molecule has 1 aliphatic rings. The number of carbonyl (C=O) groups is 2. The summed E-state index contributed by atoms with van der Waals surface area (Å²) < 4.78 is 0. The number of rotatable bonds is 0. The van der Waals surface area contributed by atoms with Gasteiger partial charge in [-0.05, 0) is 0 Å². The van der Waals surface area contributed by atoms with E-state index in [-0.39, 0.29) is 11.8 Å². The highest BCUT2D eigenvalue weighted by atomic mass is 32.2. The molecule has 9 heavy (non-hydrogen) atoms. The van der Waals surface area contributed by atoms with Crippen LogP contribution in [-0.4, -0.2) is 33.6 Å². The first kappa shape index (κ1) is 6.41. The topological polar surface area (TPSA) is 57.6 Å². The summed E-state index contributed by atoms with van der Waals surface area (Å²) in [5, 5.41) is 8.28. The number of thioether (sulfide) groups is 1. The van der Waals surface area contributed by atoms with E-state index < -0.39 is 6.09 Å². The number of hydrogen-bond acceptors (Lipinski definition) is 3. The zero-order valence-corrected chi connectivity index (χ0v) is 5.35. The summed E-state index contributed by atoms with van der Waals surface area (Å²) in [6, 6.07) is 0. The normalized spacial score (nSPS) is 18.7. The quantitative estimate of drug-likeness (QED) is 0.531. The standard InChI is InChI=1S/C4H5NO3S/c6-3-1-9-2-5(3)4(7)8/h1-2H2,(H,7,8). The van der Waals surface area contributed by atoms with Gasteiger partial charge in [0.15, 0.2) is 0 Å². The minimum atomic E-state index is -1.15. The molecule has 0 bridgehead atoms. The van der Waals surface area contributed by atoms with Gasteiger partial charge in [-0.25, -0.2) is 9.69 Å². The van der Waals surface area contributed by atoms with Crippen molar-refractivity contribution in [3.8, 4) is 0 Å². The van der Waals surface area contributed by atoms with Crippen molar-refractivity contribution < 1.29 is 14.7 Å². The van der Waals surface area contributed by atoms with Gasteiger partial charge < -0.3 is 5.11 Å². The van der Waals surface area contributed by atoms with Gasteiger partial charge in [-0.3, -0.25) is 4.79 Å². The summed E-state index contributed by atoms with van der Waals surface area (Å²) in [5.41, 5.74) is 0. The van der Waals surface area contributed by atoms with Crippen LogP contribution in [0.4, 0.5) is 4.79 Å². The fraction of sp³-hybridized carbons (Fsp3) is 0.500. The molecule has 1 heterocycles. The second kappa shape index (κ2) is 2.26. The van der Waals surface area contributed by atoms with E-state index in [1.807, 2.05) is 0 Å². The van der Waals surface area contributed by atoms with E-state index >= 15 is 0 Å². The summed E-state index contributed by atoms with van der Waals surface area (Å²) in [4.78, 5) is 21.5. The number of imide groups is 1. The second-order valence-electron chi connectivity index (χ2n) is 1.58. The number of carbonyl (C=O) groups excluding carboxylic acids is 1. The molecule has 0 aromatic carbocycles. The van der Waals surface area contributed by atoms with Gasteiger partial charge in [-0.15, -0.1) is 11.8 Å². The predicted octanol–water partition coefficient (Wildman–Crippen LogP) is 0.197. The molecule has 1 aliphatic heterocycles. The first-order chi connectivity index (χ1) is 4.22. The van der Waals surface area contributed by atoms with Gasteiger partial charge in [-0.1, -0.05) is 0 Å². The minimum Gasteiger partial charge on any atom is -0.465 e. The first-order valence-electron chi connectivity index (χ1n) is 2.33. The van der Waals surface area contributed by atoms with E-state index in [1.54, 1.807) is 0 Å². The fourth-order valence-electron chi connectivity index (χ4n) is 0.536. The van der Waals surface area contributed by atoms with Crippen molar-refractivity contribution in [1.82, 2.24) is 4.90 Å². The molecule has 0 saturated carbocycles. The maximum atomic E-state index is 10.5. The van der Waals surface area contributed by atoms with Gasteiger partial charge in [0.1, 0.15) is 0 Å². The van der Waals surface area contributed by atoms with Crippen molar-refractivity contribution >= 4 is 23.8 Å². The van der Waals surface area contributed by atoms with Crippen LogP contribution in [0.25, 0.3) is 0 Å². The first-order valence-corrected chi connectivity index (χ1v) is 3.48. The SMILES string of the molecule is O=C(O)N1CSCC1=O. The Labute approximate surface area is 55.8 Å². The molecule has 0 aromatic rings. The van der Waals surface area contributed by atoms with Gasteiger partial charge in [-0.2, -0.15) is 0 Å². The molecular weight excluding hydrogens is 142 g/mol. The Balaban J connectivity index is 2.60. The van der Waals surface area contributed by atoms with Crippen molar-refractivity contribution in [1.29, 1.82) is 0 Å². The molecule has 5 heteroatoms. The van der Waals surface area contributed by atoms with Crippen molar-refractivity contribution in [2.24, 2.45) is 0 Å². The van der Waals surface area contributed by atoms with E-state index in [0.29, 0.717) is 5.75 Å². The van der Waals surface area contributed by atoms with E-state index in [9.17, 15) is 9.59 Å². The lowest BCUT2D eigenvalue weighted by Crippen LogP contribution is -2.30. The maximum Gasteiger partial charge on any atom is 0.414 e. The highest BCUT2D eigenvalue weighted by Crippen LogP contribution is 2.14. The van der Waals surface area contributed by atoms with Crippen LogP contribution in [0.3, 0.4) is 0 Å². The second-order valence-corrected chi connectivity index (χ2v) is 2.54. The van der Waals surface area contributed by atoms with E-state index in [1.165, 1.54) is 11.8 Å². The summed E-state index contributed by atoms with van der Waals surface area (Å²) in [6.07, 6.45) is -1.15. The number of nitrogens with zero attached hydrogens (tertiary/aromatic N) is 1. The number of amides is 2. The molecule has 2 amide bonds. The molecule has 0 atom stereocenters. The molecule has 0 aliphatic carbocycles. The lowest BCUT2D eigenvalue weighted by molar-refractivity contribution is -0.124. The molecule has 0 radical (unpaired) electrons. The molecular formula is C4H5NO3S. The molecule has 1 rings (SSSR count). The monoisotopic (exact) mass is 147 g/mol. The molecule has 0 spiro atoms. The number of hydrogen-bond donors (Lipinski definition) is 1. The fourth-order valence-corrected chi connectivity index (χ4v) is 1.39. The third-order valence-corrected chi connectivity index (χ3v) is 1.87. The molecule has 1 saturated heterocycles. The average molecular weight is 147 g/mol. The van der Waals surface area contributed by atoms with Gasteiger partial charge >= 0.3 is 6.09 Å². The minimum absolute atomic E-state index is 0.286. The Morgan fingerprint density at radius 1 is 1.78 bits per heavy atom. The molecule has 50 valence electrons. The van der Waals surface area contributed by atoms with Crippen LogP contribution in [0.1, 0.15) is 0 Å². The highest BCUT2D eigenvalue weighted by molar-refractivity contribution is 8.00. The third-order valence-electron chi connectivity index (χ3n) is 0.978. The zero-order chi connectivity index (χ0) is 6.85. The van der Waals surface area contributed by atoms with Crippen molar-refractivity contribution in [2.45, 2.75) is 0 Å². The van der Waals surface area contributed by atoms with Crippen LogP contribution in [-0.2, 0) is 4.79 Å². The van der Waals surface area contributed by atoms with E-state index in [0.717, 1.165) is 4.90 Å². The third kappa shape index (κ3) is 1.16. The Hall–Kier alpha value is -0.710. The lowest BCUT2D eigenvalue weighted by Gasteiger charge is -2.04. The average Bonchev–Trinajstić information content (AvgIpc) is 2.13. The maximum absolute atomic E-state index is 10.5. The van der Waals surface area contributed by atoms with E-state index in [2.05, 4.69) is 0 Å². The van der Waals surface area contributed by atoms with Crippen molar-refractivity contribution in [2.75, 3.05) is 11.6 Å². The molecule has 0 unspecified atom stereocenters. The largest absolute Gasteiger partial charge is 0.465 e. The predicted molar refractivity (Wildman–Crippen MR) is 32.2 cm³/mol. The van der Waals surface area contributed by atoms with Crippen LogP contribution in [0.5, 0.6) is 0 Å². The Kier molecular flexibility index (Phi) is 1.61. The lowest BCUT2D eigenvalue weighted by atomic mass is 10.6. The van der Waals surface area contributed by atoms with Crippen LogP contribution < -0.4 is 0 Å². The van der Waals surface area contributed by atoms with Gasteiger partial charge in [0.05, 0.1) is 11.6 Å². The van der Waals surface area contributed by atoms with E-state index in [4.69, 9.17) is 5.11 Å². The van der Waals surface area contributed by atoms with Crippen LogP contribution in [0, 0.1) is 0 Å². The Bertz CT molecular complexity index is 158. The van der Waals surface area contributed by atoms with Gasteiger partial charge in [0, 0.05) is 0 Å². The number of carboxylic acid groups (broad SMARTS) is 1. The Morgan fingerprint density at radius 2 is 2.44 bits per heavy atom. The van der Waals surface area contributed by atoms with Crippen LogP contribution in [0.2, 0.25) is 0 Å². The summed E-state index contributed by atoms with van der Waals surface area (Å²) >= 11 is 1.31. The summed E-state index contributed by atoms with van der Waals surface area (Å²) in [5.74, 6) is 0.271. The highest BCUT2D eigenvalue weighted by Gasteiger charge is 2.25. The Morgan fingerprint density at radius 3 is 2.67 bits per heavy atom. The van der Waals surface area contributed by atoms with Crippen LogP contribution >= 0.6 is 11.8 Å². The van der Waals surface area contributed by atoms with Crippen LogP contribution in [0.15, 0.2) is 0 Å². The molecule has 0 aromatic heterocycles. The van der Waals surface area contributed by atoms with Gasteiger partial charge in [0.25, 0.3) is 0 Å². The van der Waals surface area contributed by atoms with Crippen molar-refractivity contribution in [3.63, 3.8) is 0 Å².